The molecular weight excluding hydrogens is 665 g/mol. The quantitative estimate of drug-likeness (QED) is 0.172. The molecule has 0 unspecified atom stereocenters. The number of hydrogen-bond donors (Lipinski definition) is 0. The number of fused-ring (bicyclic) bond motifs is 4. The topological polar surface area (TPSA) is 25.8 Å². The zero-order valence-electron chi connectivity index (χ0n) is 30.9. The highest BCUT2D eigenvalue weighted by Crippen LogP contribution is 2.53. The van der Waals surface area contributed by atoms with E-state index in [-0.39, 0.29) is 5.41 Å². The lowest BCUT2D eigenvalue weighted by Gasteiger charge is -2.22. The lowest BCUT2D eigenvalue weighted by molar-refractivity contribution is 0.660. The summed E-state index contributed by atoms with van der Waals surface area (Å²) in [5.41, 5.74) is 17.4. The zero-order chi connectivity index (χ0) is 36.9. The summed E-state index contributed by atoms with van der Waals surface area (Å²) in [6, 6.07) is 69.5. The number of aromatic nitrogens is 2. The molecule has 0 saturated heterocycles. The smallest absolute Gasteiger partial charge is 0.160 e. The lowest BCUT2D eigenvalue weighted by Crippen LogP contribution is -2.14. The first-order valence-electron chi connectivity index (χ1n) is 19.0. The maximum atomic E-state index is 5.29. The van der Waals surface area contributed by atoms with E-state index in [1.54, 1.807) is 0 Å². The largest absolute Gasteiger partial charge is 0.228 e. The maximum Gasteiger partial charge on any atom is 0.160 e. The second-order valence-electron chi connectivity index (χ2n) is 14.9. The molecule has 1 aliphatic carbocycles. The van der Waals surface area contributed by atoms with Gasteiger partial charge in [-0.25, -0.2) is 9.97 Å². The van der Waals surface area contributed by atoms with Crippen LogP contribution in [-0.2, 0) is 5.41 Å². The van der Waals surface area contributed by atoms with Gasteiger partial charge in [-0.05, 0) is 78.5 Å². The first kappa shape index (κ1) is 32.7. The Hall–Kier alpha value is -6.90. The summed E-state index contributed by atoms with van der Waals surface area (Å²) in [5.74, 6) is 0.703. The van der Waals surface area contributed by atoms with Crippen LogP contribution in [0.3, 0.4) is 0 Å². The molecule has 0 amide bonds. The van der Waals surface area contributed by atoms with E-state index in [0.717, 1.165) is 33.5 Å². The average Bonchev–Trinajstić information content (AvgIpc) is 3.50. The highest BCUT2D eigenvalue weighted by molar-refractivity contribution is 6.08. The number of hydrogen-bond acceptors (Lipinski definition) is 2. The number of rotatable bonds is 6. The minimum Gasteiger partial charge on any atom is -0.228 e. The van der Waals surface area contributed by atoms with Crippen LogP contribution in [0.25, 0.3) is 89.2 Å². The third-order valence-electron chi connectivity index (χ3n) is 11.3. The van der Waals surface area contributed by atoms with Gasteiger partial charge in [0.1, 0.15) is 0 Å². The van der Waals surface area contributed by atoms with Gasteiger partial charge in [-0.3, -0.25) is 0 Å². The second kappa shape index (κ2) is 13.2. The Bertz CT molecular complexity index is 2870. The molecule has 9 aromatic rings. The molecule has 0 fully saturated rings. The van der Waals surface area contributed by atoms with E-state index in [1.807, 2.05) is 6.07 Å². The summed E-state index contributed by atoms with van der Waals surface area (Å²) < 4.78 is 0. The van der Waals surface area contributed by atoms with Gasteiger partial charge in [0.05, 0.1) is 11.4 Å². The molecule has 55 heavy (non-hydrogen) atoms. The molecule has 260 valence electrons. The summed E-state index contributed by atoms with van der Waals surface area (Å²) in [7, 11) is 0. The molecule has 0 saturated carbocycles. The van der Waals surface area contributed by atoms with Crippen molar-refractivity contribution in [3.63, 3.8) is 0 Å². The average molecular weight is 703 g/mol. The van der Waals surface area contributed by atoms with E-state index < -0.39 is 0 Å². The van der Waals surface area contributed by atoms with Gasteiger partial charge >= 0.3 is 0 Å². The fourth-order valence-electron chi connectivity index (χ4n) is 8.62. The van der Waals surface area contributed by atoms with Crippen LogP contribution in [-0.4, -0.2) is 9.97 Å². The number of nitrogens with zero attached hydrogens (tertiary/aromatic N) is 2. The molecule has 0 spiro atoms. The summed E-state index contributed by atoms with van der Waals surface area (Å²) in [5, 5.41) is 2.37. The van der Waals surface area contributed by atoms with Crippen LogP contribution < -0.4 is 0 Å². The first-order valence-corrected chi connectivity index (χ1v) is 19.0. The highest BCUT2D eigenvalue weighted by atomic mass is 14.9. The van der Waals surface area contributed by atoms with Crippen molar-refractivity contribution in [2.24, 2.45) is 0 Å². The van der Waals surface area contributed by atoms with E-state index in [9.17, 15) is 0 Å². The normalized spacial score (nSPS) is 12.7. The van der Waals surface area contributed by atoms with E-state index in [4.69, 9.17) is 9.97 Å². The predicted molar refractivity (Wildman–Crippen MR) is 230 cm³/mol. The van der Waals surface area contributed by atoms with Crippen LogP contribution in [0.15, 0.2) is 194 Å². The number of benzene rings is 8. The van der Waals surface area contributed by atoms with E-state index in [2.05, 4.69) is 202 Å². The Labute approximate surface area is 322 Å². The van der Waals surface area contributed by atoms with Crippen molar-refractivity contribution in [2.75, 3.05) is 0 Å². The molecule has 1 aromatic heterocycles. The van der Waals surface area contributed by atoms with Crippen molar-refractivity contribution in [1.82, 2.24) is 9.97 Å². The summed E-state index contributed by atoms with van der Waals surface area (Å²) in [4.78, 5) is 10.5. The van der Waals surface area contributed by atoms with Crippen LogP contribution in [0, 0.1) is 0 Å². The molecule has 0 N–H and O–H groups in total. The van der Waals surface area contributed by atoms with Crippen molar-refractivity contribution in [2.45, 2.75) is 19.3 Å². The van der Waals surface area contributed by atoms with Crippen LogP contribution >= 0.6 is 0 Å². The maximum absolute atomic E-state index is 5.29. The van der Waals surface area contributed by atoms with Gasteiger partial charge in [0.25, 0.3) is 0 Å². The summed E-state index contributed by atoms with van der Waals surface area (Å²) in [6.45, 7) is 4.69. The molecule has 2 nitrogen and oxygen atoms in total. The van der Waals surface area contributed by atoms with Gasteiger partial charge in [0, 0.05) is 22.1 Å². The molecule has 0 bridgehead atoms. The molecule has 8 aromatic carbocycles. The van der Waals surface area contributed by atoms with Gasteiger partial charge in [0.15, 0.2) is 5.82 Å². The fraction of sp³-hybridized carbons (Fsp3) is 0.0566. The zero-order valence-corrected chi connectivity index (χ0v) is 30.9. The monoisotopic (exact) mass is 702 g/mol. The molecule has 2 heteroatoms. The van der Waals surface area contributed by atoms with E-state index >= 15 is 0 Å². The standard InChI is InChI=1S/C53H38N2/c1-53(2)47-27-15-14-25-45(47)51-44(26-16-28-48(51)53)42-31-32-43(41-24-13-12-23-40(41)42)50-34-49(54-52(55-50)37-21-10-5-11-22-37)38-29-30-39(35-17-6-3-7-18-35)46(33-38)36-19-8-4-9-20-36/h3-34H,1-2H3. The fourth-order valence-corrected chi connectivity index (χ4v) is 8.62. The third-order valence-corrected chi connectivity index (χ3v) is 11.3. The summed E-state index contributed by atoms with van der Waals surface area (Å²) in [6.07, 6.45) is 0. The van der Waals surface area contributed by atoms with Gasteiger partial charge in [0.2, 0.25) is 0 Å². The SMILES string of the molecule is CC1(C)c2ccccc2-c2c(-c3ccc(-c4cc(-c5ccc(-c6ccccc6)c(-c6ccccc6)c5)nc(-c5ccccc5)n4)c4ccccc34)cccc21. The minimum atomic E-state index is -0.0669. The molecular formula is C53H38N2. The van der Waals surface area contributed by atoms with Crippen LogP contribution in [0.4, 0.5) is 0 Å². The Kier molecular flexibility index (Phi) is 7.85. The Morgan fingerprint density at radius 2 is 0.855 bits per heavy atom. The predicted octanol–water partition coefficient (Wildman–Crippen LogP) is 13.9. The second-order valence-corrected chi connectivity index (χ2v) is 14.9. The Morgan fingerprint density at radius 1 is 0.327 bits per heavy atom. The highest BCUT2D eigenvalue weighted by Gasteiger charge is 2.36. The van der Waals surface area contributed by atoms with E-state index in [0.29, 0.717) is 5.82 Å². The van der Waals surface area contributed by atoms with Crippen molar-refractivity contribution >= 4 is 10.8 Å². The molecule has 0 radical (unpaired) electrons. The molecule has 10 rings (SSSR count). The van der Waals surface area contributed by atoms with Crippen LogP contribution in [0.5, 0.6) is 0 Å². The van der Waals surface area contributed by atoms with Crippen molar-refractivity contribution in [1.29, 1.82) is 0 Å². The molecule has 1 heterocycles. The van der Waals surface area contributed by atoms with Crippen molar-refractivity contribution < 1.29 is 0 Å². The van der Waals surface area contributed by atoms with Gasteiger partial charge < -0.3 is 0 Å². The van der Waals surface area contributed by atoms with Crippen LogP contribution in [0.1, 0.15) is 25.0 Å². The van der Waals surface area contributed by atoms with Crippen LogP contribution in [0.2, 0.25) is 0 Å². The summed E-state index contributed by atoms with van der Waals surface area (Å²) >= 11 is 0. The van der Waals surface area contributed by atoms with E-state index in [1.165, 1.54) is 61.0 Å². The van der Waals surface area contributed by atoms with Gasteiger partial charge in [-0.15, -0.1) is 0 Å². The van der Waals surface area contributed by atoms with Crippen molar-refractivity contribution in [3.8, 4) is 78.4 Å². The Balaban J connectivity index is 1.17. The molecule has 0 aliphatic heterocycles. The first-order chi connectivity index (χ1) is 27.0. The third kappa shape index (κ3) is 5.57. The lowest BCUT2D eigenvalue weighted by atomic mass is 9.81. The Morgan fingerprint density at radius 3 is 1.58 bits per heavy atom. The van der Waals surface area contributed by atoms with Crippen molar-refractivity contribution in [3.05, 3.63) is 205 Å². The van der Waals surface area contributed by atoms with Gasteiger partial charge in [-0.2, -0.15) is 0 Å². The minimum absolute atomic E-state index is 0.0669. The molecule has 1 aliphatic rings. The van der Waals surface area contributed by atoms with Gasteiger partial charge in [-0.1, -0.05) is 196 Å². The molecule has 0 atom stereocenters.